The normalized spacial score (nSPS) is 17.0. The van der Waals surface area contributed by atoms with Gasteiger partial charge in [-0.1, -0.05) is 30.2 Å². The van der Waals surface area contributed by atoms with Crippen molar-refractivity contribution in [3.8, 4) is 11.3 Å². The molecule has 0 atom stereocenters. The molecule has 2 aliphatic rings. The van der Waals surface area contributed by atoms with E-state index in [4.69, 9.17) is 16.6 Å². The molecular formula is C19H17ClN4. The summed E-state index contributed by atoms with van der Waals surface area (Å²) >= 11 is 6.43. The van der Waals surface area contributed by atoms with Crippen molar-refractivity contribution in [1.82, 2.24) is 14.4 Å². The molecule has 1 aromatic carbocycles. The zero-order chi connectivity index (χ0) is 16.1. The van der Waals surface area contributed by atoms with Crippen LogP contribution in [0.3, 0.4) is 0 Å². The van der Waals surface area contributed by atoms with E-state index < -0.39 is 0 Å². The summed E-state index contributed by atoms with van der Waals surface area (Å²) in [7, 11) is 0. The fraction of sp³-hybridized carbons (Fsp3) is 0.316. The Balaban J connectivity index is 1.73. The lowest BCUT2D eigenvalue weighted by Gasteiger charge is -2.23. The summed E-state index contributed by atoms with van der Waals surface area (Å²) in [6.45, 7) is 0. The molecule has 24 heavy (non-hydrogen) atoms. The zero-order valence-corrected chi connectivity index (χ0v) is 14.0. The van der Waals surface area contributed by atoms with Crippen LogP contribution in [0.5, 0.6) is 0 Å². The molecule has 0 saturated heterocycles. The van der Waals surface area contributed by atoms with Crippen molar-refractivity contribution in [3.05, 3.63) is 47.1 Å². The number of rotatable bonds is 2. The quantitative estimate of drug-likeness (QED) is 0.663. The van der Waals surface area contributed by atoms with Gasteiger partial charge in [-0.15, -0.1) is 0 Å². The van der Waals surface area contributed by atoms with Gasteiger partial charge in [0.05, 0.1) is 11.4 Å². The van der Waals surface area contributed by atoms with Crippen LogP contribution in [0, 0.1) is 0 Å². The molecule has 2 aromatic heterocycles. The van der Waals surface area contributed by atoms with Gasteiger partial charge in [0, 0.05) is 30.1 Å². The molecule has 5 rings (SSSR count). The highest BCUT2D eigenvalue weighted by molar-refractivity contribution is 6.33. The second kappa shape index (κ2) is 5.42. The maximum Gasteiger partial charge on any atom is 0.155 e. The maximum atomic E-state index is 6.43. The lowest BCUT2D eigenvalue weighted by Crippen LogP contribution is -2.12. The van der Waals surface area contributed by atoms with Crippen LogP contribution < -0.4 is 0 Å². The predicted molar refractivity (Wildman–Crippen MR) is 96.5 cm³/mol. The molecule has 1 fully saturated rings. The van der Waals surface area contributed by atoms with E-state index in [1.54, 1.807) is 6.20 Å². The van der Waals surface area contributed by atoms with Crippen LogP contribution in [0.1, 0.15) is 43.0 Å². The van der Waals surface area contributed by atoms with E-state index in [0.717, 1.165) is 41.1 Å². The van der Waals surface area contributed by atoms with Crippen LogP contribution >= 0.6 is 11.6 Å². The first kappa shape index (κ1) is 14.2. The average molecular weight is 337 g/mol. The number of imidazole rings is 1. The molecule has 3 aromatic rings. The number of aromatic nitrogens is 3. The smallest absolute Gasteiger partial charge is 0.155 e. The summed E-state index contributed by atoms with van der Waals surface area (Å²) in [4.78, 5) is 13.8. The summed E-state index contributed by atoms with van der Waals surface area (Å²) in [6, 6.07) is 6.43. The standard InChI is InChI=1S/C19H17ClN4/c20-18-17-16(14-7-6-12-5-2-8-21-15(12)11-14)23-19(13-3-1-4-13)24(17)10-9-22-18/h6-11,13H,1-5H2. The highest BCUT2D eigenvalue weighted by Gasteiger charge is 2.27. The van der Waals surface area contributed by atoms with Crippen molar-refractivity contribution in [2.45, 2.75) is 38.0 Å². The van der Waals surface area contributed by atoms with Gasteiger partial charge in [-0.2, -0.15) is 0 Å². The number of fused-ring (bicyclic) bond motifs is 2. The molecule has 4 nitrogen and oxygen atoms in total. The van der Waals surface area contributed by atoms with Gasteiger partial charge in [-0.05, 0) is 37.3 Å². The average Bonchev–Trinajstić information content (AvgIpc) is 2.94. The molecule has 1 saturated carbocycles. The summed E-state index contributed by atoms with van der Waals surface area (Å²) in [6.07, 6.45) is 11.5. The number of hydrogen-bond donors (Lipinski definition) is 0. The number of aryl methyl sites for hydroxylation is 1. The molecule has 120 valence electrons. The van der Waals surface area contributed by atoms with Crippen LogP contribution in [0.15, 0.2) is 35.6 Å². The van der Waals surface area contributed by atoms with E-state index in [1.807, 2.05) is 12.4 Å². The number of nitrogens with zero attached hydrogens (tertiary/aromatic N) is 4. The second-order valence-electron chi connectivity index (χ2n) is 6.58. The molecule has 5 heteroatoms. The molecule has 3 heterocycles. The topological polar surface area (TPSA) is 42.5 Å². The van der Waals surface area contributed by atoms with Crippen molar-refractivity contribution in [2.24, 2.45) is 4.99 Å². The first-order chi connectivity index (χ1) is 11.8. The fourth-order valence-electron chi connectivity index (χ4n) is 3.61. The molecule has 0 spiro atoms. The van der Waals surface area contributed by atoms with Crippen molar-refractivity contribution in [1.29, 1.82) is 0 Å². The highest BCUT2D eigenvalue weighted by atomic mass is 35.5. The van der Waals surface area contributed by atoms with E-state index in [0.29, 0.717) is 11.1 Å². The summed E-state index contributed by atoms with van der Waals surface area (Å²) in [5.41, 5.74) is 5.23. The van der Waals surface area contributed by atoms with Gasteiger partial charge in [0.1, 0.15) is 11.3 Å². The van der Waals surface area contributed by atoms with Gasteiger partial charge >= 0.3 is 0 Å². The predicted octanol–water partition coefficient (Wildman–Crippen LogP) is 4.97. The van der Waals surface area contributed by atoms with Crippen LogP contribution in [0.4, 0.5) is 5.69 Å². The van der Waals surface area contributed by atoms with Crippen LogP contribution in [0.25, 0.3) is 16.8 Å². The molecule has 0 unspecified atom stereocenters. The van der Waals surface area contributed by atoms with Crippen molar-refractivity contribution in [3.63, 3.8) is 0 Å². The lowest BCUT2D eigenvalue weighted by molar-refractivity contribution is 0.400. The monoisotopic (exact) mass is 336 g/mol. The molecule has 1 aliphatic carbocycles. The SMILES string of the molecule is Clc1nccn2c(C3CCC3)nc(-c3ccc4c(c3)N=CCC4)c12. The van der Waals surface area contributed by atoms with Crippen molar-refractivity contribution in [2.75, 3.05) is 0 Å². The Hall–Kier alpha value is -2.20. The van der Waals surface area contributed by atoms with E-state index in [9.17, 15) is 0 Å². The second-order valence-corrected chi connectivity index (χ2v) is 6.93. The van der Waals surface area contributed by atoms with Crippen LogP contribution in [-0.2, 0) is 6.42 Å². The maximum absolute atomic E-state index is 6.43. The molecule has 0 radical (unpaired) electrons. The summed E-state index contributed by atoms with van der Waals surface area (Å²) in [5.74, 6) is 1.64. The first-order valence-electron chi connectivity index (χ1n) is 8.49. The van der Waals surface area contributed by atoms with Gasteiger partial charge in [-0.3, -0.25) is 9.39 Å². The first-order valence-corrected chi connectivity index (χ1v) is 8.87. The minimum atomic E-state index is 0.506. The largest absolute Gasteiger partial charge is 0.299 e. The van der Waals surface area contributed by atoms with Crippen LogP contribution in [-0.4, -0.2) is 20.6 Å². The Bertz CT molecular complexity index is 969. The Labute approximate surface area is 145 Å². The Kier molecular flexibility index (Phi) is 3.20. The van der Waals surface area contributed by atoms with Gasteiger partial charge in [0.2, 0.25) is 0 Å². The Morgan fingerprint density at radius 3 is 2.96 bits per heavy atom. The molecule has 0 bridgehead atoms. The molecular weight excluding hydrogens is 320 g/mol. The summed E-state index contributed by atoms with van der Waals surface area (Å²) < 4.78 is 2.12. The van der Waals surface area contributed by atoms with E-state index in [2.05, 4.69) is 32.6 Å². The Morgan fingerprint density at radius 1 is 1.21 bits per heavy atom. The molecule has 0 amide bonds. The molecule has 1 aliphatic heterocycles. The zero-order valence-electron chi connectivity index (χ0n) is 13.2. The number of halogens is 1. The minimum Gasteiger partial charge on any atom is -0.299 e. The third kappa shape index (κ3) is 2.09. The van der Waals surface area contributed by atoms with E-state index in [-0.39, 0.29) is 0 Å². The van der Waals surface area contributed by atoms with Gasteiger partial charge in [0.25, 0.3) is 0 Å². The molecule has 0 N–H and O–H groups in total. The Morgan fingerprint density at radius 2 is 2.12 bits per heavy atom. The van der Waals surface area contributed by atoms with Gasteiger partial charge in [0.15, 0.2) is 5.15 Å². The van der Waals surface area contributed by atoms with E-state index in [1.165, 1.54) is 24.8 Å². The van der Waals surface area contributed by atoms with Gasteiger partial charge in [-0.25, -0.2) is 9.97 Å². The van der Waals surface area contributed by atoms with Gasteiger partial charge < -0.3 is 0 Å². The van der Waals surface area contributed by atoms with Crippen LogP contribution in [0.2, 0.25) is 5.15 Å². The minimum absolute atomic E-state index is 0.506. The highest BCUT2D eigenvalue weighted by Crippen LogP contribution is 2.40. The van der Waals surface area contributed by atoms with Crippen molar-refractivity contribution >= 4 is 29.0 Å². The fourth-order valence-corrected chi connectivity index (χ4v) is 3.84. The summed E-state index contributed by atoms with van der Waals surface area (Å²) in [5, 5.41) is 0.506. The number of aliphatic imine (C=N–C) groups is 1. The number of hydrogen-bond acceptors (Lipinski definition) is 3. The number of benzene rings is 1. The third-order valence-electron chi connectivity index (χ3n) is 5.14. The third-order valence-corrected chi connectivity index (χ3v) is 5.42. The van der Waals surface area contributed by atoms with E-state index >= 15 is 0 Å². The lowest BCUT2D eigenvalue weighted by atomic mass is 9.85. The van der Waals surface area contributed by atoms with Crippen molar-refractivity contribution < 1.29 is 0 Å².